The predicted octanol–water partition coefficient (Wildman–Crippen LogP) is 5.52. The van der Waals surface area contributed by atoms with Crippen molar-refractivity contribution in [3.05, 3.63) is 0 Å². The maximum absolute atomic E-state index is 2.34. The first kappa shape index (κ1) is 18.7. The summed E-state index contributed by atoms with van der Waals surface area (Å²) in [6, 6.07) is 0. The van der Waals surface area contributed by atoms with Gasteiger partial charge in [-0.25, -0.2) is 0 Å². The summed E-state index contributed by atoms with van der Waals surface area (Å²) < 4.78 is 0. The van der Waals surface area contributed by atoms with E-state index >= 15 is 0 Å². The van der Waals surface area contributed by atoms with Gasteiger partial charge in [0.05, 0.1) is 0 Å². The van der Waals surface area contributed by atoms with Crippen LogP contribution in [0.25, 0.3) is 0 Å². The molecule has 0 radical (unpaired) electrons. The minimum Gasteiger partial charge on any atom is -0.0683 e. The van der Waals surface area contributed by atoms with Crippen molar-refractivity contribution in [1.29, 1.82) is 0 Å². The summed E-state index contributed by atoms with van der Waals surface area (Å²) in [5.41, 5.74) is 0. The van der Waals surface area contributed by atoms with Crippen LogP contribution >= 0.6 is 0 Å². The molecule has 0 saturated heterocycles. The molecule has 0 aromatic carbocycles. The van der Waals surface area contributed by atoms with Gasteiger partial charge in [-0.2, -0.15) is 0 Å². The maximum atomic E-state index is 2.34. The van der Waals surface area contributed by atoms with E-state index in [1.165, 1.54) is 19.3 Å². The molecule has 2 unspecified atom stereocenters. The SMILES string of the molecule is CC.CC.CCC(C)CC(C)CC. The van der Waals surface area contributed by atoms with Gasteiger partial charge in [0.1, 0.15) is 0 Å². The summed E-state index contributed by atoms with van der Waals surface area (Å²) >= 11 is 0. The first-order valence-corrected chi connectivity index (χ1v) is 6.20. The van der Waals surface area contributed by atoms with Gasteiger partial charge in [0.15, 0.2) is 0 Å². The van der Waals surface area contributed by atoms with Crippen LogP contribution in [-0.2, 0) is 0 Å². The Labute approximate surface area is 87.1 Å². The van der Waals surface area contributed by atoms with E-state index in [2.05, 4.69) is 27.7 Å². The average molecular weight is 188 g/mol. The quantitative estimate of drug-likeness (QED) is 0.545. The standard InChI is InChI=1S/C9H20.2C2H6/c1-5-8(3)7-9(4)6-2;2*1-2/h8-9H,5-7H2,1-4H3;2*1-2H3. The second kappa shape index (κ2) is 17.9. The molecule has 84 valence electrons. The topological polar surface area (TPSA) is 0 Å². The van der Waals surface area contributed by atoms with E-state index in [1.54, 1.807) is 0 Å². The van der Waals surface area contributed by atoms with Gasteiger partial charge >= 0.3 is 0 Å². The van der Waals surface area contributed by atoms with Gasteiger partial charge < -0.3 is 0 Å². The Morgan fingerprint density at radius 3 is 1.08 bits per heavy atom. The lowest BCUT2D eigenvalue weighted by Crippen LogP contribution is -2.00. The minimum atomic E-state index is 0.931. The Kier molecular flexibility index (Phi) is 25.8. The smallest absolute Gasteiger partial charge is 0.0443 e. The van der Waals surface area contributed by atoms with E-state index in [1.807, 2.05) is 27.7 Å². The molecule has 0 fully saturated rings. The highest BCUT2D eigenvalue weighted by Gasteiger charge is 2.03. The van der Waals surface area contributed by atoms with Gasteiger partial charge in [0.25, 0.3) is 0 Å². The Morgan fingerprint density at radius 1 is 0.692 bits per heavy atom. The van der Waals surface area contributed by atoms with Gasteiger partial charge in [0.2, 0.25) is 0 Å². The zero-order chi connectivity index (χ0) is 11.3. The Balaban J connectivity index is -0.000000218. The predicted molar refractivity (Wildman–Crippen MR) is 66.2 cm³/mol. The van der Waals surface area contributed by atoms with E-state index in [-0.39, 0.29) is 0 Å². The van der Waals surface area contributed by atoms with E-state index in [9.17, 15) is 0 Å². The molecule has 0 bridgehead atoms. The molecule has 0 nitrogen and oxygen atoms in total. The highest BCUT2D eigenvalue weighted by Crippen LogP contribution is 2.16. The maximum Gasteiger partial charge on any atom is -0.0443 e. The van der Waals surface area contributed by atoms with Gasteiger partial charge in [-0.1, -0.05) is 68.2 Å². The molecule has 0 aromatic heterocycles. The van der Waals surface area contributed by atoms with Crippen LogP contribution in [0.15, 0.2) is 0 Å². The van der Waals surface area contributed by atoms with Crippen molar-refractivity contribution < 1.29 is 0 Å². The molecule has 0 N–H and O–H groups in total. The molecule has 0 heteroatoms. The molecular formula is C13H32. The molecule has 13 heavy (non-hydrogen) atoms. The summed E-state index contributed by atoms with van der Waals surface area (Å²) in [5, 5.41) is 0. The van der Waals surface area contributed by atoms with Crippen molar-refractivity contribution >= 4 is 0 Å². The van der Waals surface area contributed by atoms with Gasteiger partial charge in [-0.3, -0.25) is 0 Å². The first-order chi connectivity index (χ1) is 6.20. The third-order valence-corrected chi connectivity index (χ3v) is 2.20. The van der Waals surface area contributed by atoms with Crippen LogP contribution in [-0.4, -0.2) is 0 Å². The summed E-state index contributed by atoms with van der Waals surface area (Å²) in [7, 11) is 0. The van der Waals surface area contributed by atoms with Crippen LogP contribution in [0.1, 0.15) is 74.7 Å². The second-order valence-corrected chi connectivity index (χ2v) is 3.26. The monoisotopic (exact) mass is 188 g/mol. The molecule has 0 aliphatic rings. The summed E-state index contributed by atoms with van der Waals surface area (Å²) in [4.78, 5) is 0. The summed E-state index contributed by atoms with van der Waals surface area (Å²) in [6.45, 7) is 17.2. The third kappa shape index (κ3) is 18.8. The van der Waals surface area contributed by atoms with E-state index in [4.69, 9.17) is 0 Å². The largest absolute Gasteiger partial charge is 0.0683 e. The molecule has 0 aliphatic heterocycles. The molecule has 0 rings (SSSR count). The van der Waals surface area contributed by atoms with Crippen molar-refractivity contribution in [2.75, 3.05) is 0 Å². The number of hydrogen-bond acceptors (Lipinski definition) is 0. The first-order valence-electron chi connectivity index (χ1n) is 6.20. The number of hydrogen-bond donors (Lipinski definition) is 0. The van der Waals surface area contributed by atoms with Gasteiger partial charge in [-0.15, -0.1) is 0 Å². The molecule has 0 spiro atoms. The fraction of sp³-hybridized carbons (Fsp3) is 1.00. The van der Waals surface area contributed by atoms with E-state index < -0.39 is 0 Å². The molecule has 0 saturated carbocycles. The van der Waals surface area contributed by atoms with Crippen LogP contribution in [0, 0.1) is 11.8 Å². The van der Waals surface area contributed by atoms with E-state index in [0.29, 0.717) is 0 Å². The lowest BCUT2D eigenvalue weighted by molar-refractivity contribution is 0.397. The fourth-order valence-corrected chi connectivity index (χ4v) is 1.02. The van der Waals surface area contributed by atoms with Crippen molar-refractivity contribution in [3.63, 3.8) is 0 Å². The Hall–Kier alpha value is 0. The van der Waals surface area contributed by atoms with Crippen LogP contribution in [0.5, 0.6) is 0 Å². The molecular weight excluding hydrogens is 156 g/mol. The van der Waals surface area contributed by atoms with Crippen LogP contribution in [0.4, 0.5) is 0 Å². The van der Waals surface area contributed by atoms with Crippen molar-refractivity contribution in [2.24, 2.45) is 11.8 Å². The highest BCUT2D eigenvalue weighted by atomic mass is 14.1. The lowest BCUT2D eigenvalue weighted by atomic mass is 9.94. The summed E-state index contributed by atoms with van der Waals surface area (Å²) in [5.74, 6) is 1.86. The van der Waals surface area contributed by atoms with Gasteiger partial charge in [0, 0.05) is 0 Å². The molecule has 2 atom stereocenters. The molecule has 0 heterocycles. The minimum absolute atomic E-state index is 0.931. The second-order valence-electron chi connectivity index (χ2n) is 3.26. The van der Waals surface area contributed by atoms with Crippen LogP contribution < -0.4 is 0 Å². The van der Waals surface area contributed by atoms with Crippen molar-refractivity contribution in [2.45, 2.75) is 74.7 Å². The fourth-order valence-electron chi connectivity index (χ4n) is 1.02. The van der Waals surface area contributed by atoms with Crippen molar-refractivity contribution in [1.82, 2.24) is 0 Å². The molecule has 0 aliphatic carbocycles. The zero-order valence-corrected chi connectivity index (χ0v) is 11.3. The van der Waals surface area contributed by atoms with Gasteiger partial charge in [-0.05, 0) is 18.3 Å². The Morgan fingerprint density at radius 2 is 0.923 bits per heavy atom. The average Bonchev–Trinajstić information content (AvgIpc) is 2.23. The normalized spacial score (nSPS) is 12.9. The molecule has 0 aromatic rings. The summed E-state index contributed by atoms with van der Waals surface area (Å²) in [6.07, 6.45) is 4.08. The van der Waals surface area contributed by atoms with E-state index in [0.717, 1.165) is 11.8 Å². The van der Waals surface area contributed by atoms with Crippen LogP contribution in [0.3, 0.4) is 0 Å². The Bertz CT molecular complexity index is 49.1. The third-order valence-electron chi connectivity index (χ3n) is 2.20. The highest BCUT2D eigenvalue weighted by molar-refractivity contribution is 4.55. The number of rotatable bonds is 4. The van der Waals surface area contributed by atoms with Crippen LogP contribution in [0.2, 0.25) is 0 Å². The van der Waals surface area contributed by atoms with Crippen molar-refractivity contribution in [3.8, 4) is 0 Å². The lowest BCUT2D eigenvalue weighted by Gasteiger charge is -2.12. The molecule has 0 amide bonds. The zero-order valence-electron chi connectivity index (χ0n) is 11.3.